The summed E-state index contributed by atoms with van der Waals surface area (Å²) < 4.78 is 2.53. The van der Waals surface area contributed by atoms with Crippen LogP contribution >= 0.6 is 0 Å². The molecule has 0 fully saturated rings. The van der Waals surface area contributed by atoms with E-state index in [0.29, 0.717) is 0 Å². The van der Waals surface area contributed by atoms with E-state index < -0.39 is 0 Å². The van der Waals surface area contributed by atoms with Crippen molar-refractivity contribution in [2.75, 3.05) is 5.43 Å². The van der Waals surface area contributed by atoms with Gasteiger partial charge in [0.1, 0.15) is 0 Å². The van der Waals surface area contributed by atoms with Crippen LogP contribution in [0.5, 0.6) is 0 Å². The molecule has 5 heterocycles. The van der Waals surface area contributed by atoms with Crippen LogP contribution in [0, 0.1) is 0 Å². The number of hydrazine groups is 3. The average molecular weight is 504 g/mol. The molecule has 0 radical (unpaired) electrons. The van der Waals surface area contributed by atoms with E-state index in [1.807, 2.05) is 66.8 Å². The van der Waals surface area contributed by atoms with Gasteiger partial charge in [-0.3, -0.25) is 0 Å². The van der Waals surface area contributed by atoms with Crippen LogP contribution in [0.1, 0.15) is 22.8 Å². The maximum absolute atomic E-state index is 5.02. The van der Waals surface area contributed by atoms with Gasteiger partial charge in [-0.2, -0.15) is 0 Å². The van der Waals surface area contributed by atoms with E-state index in [-0.39, 0.29) is 0 Å². The second-order valence-electron chi connectivity index (χ2n) is 8.03. The Labute approximate surface area is 209 Å². The van der Waals surface area contributed by atoms with Crippen LogP contribution in [0.3, 0.4) is 0 Å². The molecule has 1 aromatic carbocycles. The Balaban J connectivity index is 1.69. The summed E-state index contributed by atoms with van der Waals surface area (Å²) in [5.41, 5.74) is 18.8. The van der Waals surface area contributed by atoms with E-state index in [9.17, 15) is 0 Å². The van der Waals surface area contributed by atoms with Crippen LogP contribution in [0.2, 0.25) is 0 Å². The number of aromatic amines is 2. The maximum atomic E-state index is 5.02. The molecule has 0 unspecified atom stereocenters. The predicted octanol–water partition coefficient (Wildman–Crippen LogP) is 4.71. The standard InChI is InChI=1S/C26H21N8.Co/c27-33-34-32-26-23-11-9-20(30-23)15-18-7-6-17(28-18)14-19-8-10-21(29-19)25(16-4-2-1-3-5-16)22-12-13-24(26)31-22;/h1-15,27,29-30,32-34H;/q-1;+1. The fraction of sp³-hybridized carbons (Fsp3) is 0. The third-order valence-electron chi connectivity index (χ3n) is 5.75. The number of hydrogen-bond acceptors (Lipinski definition) is 6. The molecule has 0 atom stereocenters. The molecule has 8 bridgehead atoms. The third kappa shape index (κ3) is 4.42. The van der Waals surface area contributed by atoms with Crippen molar-refractivity contribution in [2.45, 2.75) is 0 Å². The topological polar surface area (TPSA) is 105 Å². The molecule has 0 amide bonds. The van der Waals surface area contributed by atoms with Gasteiger partial charge in [-0.25, -0.2) is 0 Å². The number of hydrogen-bond donors (Lipinski definition) is 6. The quantitative estimate of drug-likeness (QED) is 0.150. The Morgan fingerprint density at radius 2 is 1.34 bits per heavy atom. The van der Waals surface area contributed by atoms with Crippen molar-refractivity contribution < 1.29 is 16.0 Å². The Hall–Kier alpha value is -3.99. The van der Waals surface area contributed by atoms with Gasteiger partial charge in [0.25, 0.3) is 0 Å². The number of anilines is 1. The molecule has 2 aliphatic rings. The number of aromatic nitrogens is 4. The van der Waals surface area contributed by atoms with Crippen LogP contribution in [0.25, 0.3) is 57.5 Å². The first-order valence-electron chi connectivity index (χ1n) is 11.0. The summed E-state index contributed by atoms with van der Waals surface area (Å²) in [4.78, 5) is 16.8. The second kappa shape index (κ2) is 9.33. The van der Waals surface area contributed by atoms with E-state index in [0.717, 1.165) is 61.7 Å². The molecular weight excluding hydrogens is 483 g/mol. The van der Waals surface area contributed by atoms with Crippen LogP contribution in [-0.4, -0.2) is 19.9 Å². The minimum atomic E-state index is 0.766. The molecule has 8 nitrogen and oxygen atoms in total. The molecule has 174 valence electrons. The molecule has 0 saturated carbocycles. The van der Waals surface area contributed by atoms with Gasteiger partial charge in [0.2, 0.25) is 0 Å². The Bertz CT molecular complexity index is 1620. The minimum absolute atomic E-state index is 0.766. The Morgan fingerprint density at radius 1 is 0.657 bits per heavy atom. The van der Waals surface area contributed by atoms with Crippen LogP contribution < -0.4 is 21.0 Å². The number of nitrogens with one attached hydrogen (secondary N) is 6. The van der Waals surface area contributed by atoms with E-state index >= 15 is 0 Å². The van der Waals surface area contributed by atoms with Crippen LogP contribution in [-0.2, 0) is 16.0 Å². The third-order valence-corrected chi connectivity index (χ3v) is 5.88. The van der Waals surface area contributed by atoms with Crippen LogP contribution in [0.4, 0.5) is 5.69 Å². The van der Waals surface area contributed by atoms with Gasteiger partial charge in [-0.15, -0.1) is 0 Å². The number of benzene rings is 1. The number of rotatable bonds is 5. The fourth-order valence-electron chi connectivity index (χ4n) is 4.23. The first kappa shape index (κ1) is 21.5. The zero-order valence-electron chi connectivity index (χ0n) is 18.4. The van der Waals surface area contributed by atoms with E-state index in [2.05, 4.69) is 71.2 Å². The second-order valence-corrected chi connectivity index (χ2v) is 8.29. The van der Waals surface area contributed by atoms with E-state index in [1.165, 1.54) is 0 Å². The van der Waals surface area contributed by atoms with Crippen molar-refractivity contribution in [1.29, 1.82) is 0 Å². The zero-order chi connectivity index (χ0) is 23.6. The van der Waals surface area contributed by atoms with Gasteiger partial charge in [0.15, 0.2) is 0 Å². The fourth-order valence-corrected chi connectivity index (χ4v) is 4.29. The van der Waals surface area contributed by atoms with Crippen molar-refractivity contribution in [3.63, 3.8) is 0 Å². The van der Waals surface area contributed by atoms with Crippen molar-refractivity contribution in [1.82, 2.24) is 35.5 Å². The molecule has 2 aliphatic heterocycles. The zero-order valence-corrected chi connectivity index (χ0v) is 19.4. The van der Waals surface area contributed by atoms with Crippen molar-refractivity contribution in [3.8, 4) is 11.1 Å². The molecule has 6 N–H and O–H groups in total. The van der Waals surface area contributed by atoms with Crippen LogP contribution in [0.15, 0.2) is 66.7 Å². The monoisotopic (exact) mass is 504 g/mol. The summed E-state index contributed by atoms with van der Waals surface area (Å²) in [6.45, 7) is 0. The van der Waals surface area contributed by atoms with Gasteiger partial charge in [0.05, 0.1) is 0 Å². The summed E-state index contributed by atoms with van der Waals surface area (Å²) in [6, 6.07) is 22.5. The number of fused-ring (bicyclic) bond motifs is 8. The average Bonchev–Trinajstić information content (AvgIpc) is 3.68. The first-order chi connectivity index (χ1) is 17.3. The molecular formula is C26H21CoN8. The summed E-state index contributed by atoms with van der Waals surface area (Å²) in [5, 5.41) is 0. The van der Waals surface area contributed by atoms with Gasteiger partial charge in [-0.05, 0) is 6.07 Å². The number of nitrogens with zero attached hydrogens (tertiary/aromatic N) is 2. The van der Waals surface area contributed by atoms with Gasteiger partial charge >= 0.3 is 197 Å². The van der Waals surface area contributed by atoms with Crippen molar-refractivity contribution in [3.05, 3.63) is 89.5 Å². The van der Waals surface area contributed by atoms with E-state index in [1.54, 1.807) is 0 Å². The molecule has 35 heavy (non-hydrogen) atoms. The van der Waals surface area contributed by atoms with Crippen molar-refractivity contribution in [2.24, 2.45) is 0 Å². The molecule has 6 rings (SSSR count). The molecule has 0 aliphatic carbocycles. The summed E-state index contributed by atoms with van der Waals surface area (Å²) in [6.07, 6.45) is 8.05. The Morgan fingerprint density at radius 3 is 2.09 bits per heavy atom. The summed E-state index contributed by atoms with van der Waals surface area (Å²) in [7, 11) is 0. The van der Waals surface area contributed by atoms with Gasteiger partial charge in [0, 0.05) is 0 Å². The Kier molecular flexibility index (Phi) is 5.74. The molecule has 4 aromatic rings. The molecule has 0 saturated heterocycles. The van der Waals surface area contributed by atoms with Crippen molar-refractivity contribution >= 4 is 52.1 Å². The molecule has 9 heteroatoms. The summed E-state index contributed by atoms with van der Waals surface area (Å²) in [5.74, 6) is 0. The number of H-pyrrole nitrogens is 2. The SMILES string of the molecule is [Co][NH]NNNc1c2nc(c(-c3ccccc3)c3ccc(cc4nc(cc5ccc1[nH]5)C=C4)[nH]3)C=C2. The first-order valence-corrected chi connectivity index (χ1v) is 11.5. The normalized spacial score (nSPS) is 12.3. The van der Waals surface area contributed by atoms with E-state index in [4.69, 9.17) is 9.97 Å². The summed E-state index contributed by atoms with van der Waals surface area (Å²) >= 11 is 4.00. The van der Waals surface area contributed by atoms with Gasteiger partial charge < -0.3 is 0 Å². The molecule has 3 aromatic heterocycles. The van der Waals surface area contributed by atoms with Gasteiger partial charge in [-0.1, -0.05) is 6.07 Å². The predicted molar refractivity (Wildman–Crippen MR) is 137 cm³/mol. The molecule has 0 spiro atoms.